The molecule has 1 aromatic heterocycles. The largest absolute Gasteiger partial charge is 0.474 e. The lowest BCUT2D eigenvalue weighted by atomic mass is 10.1. The lowest BCUT2D eigenvalue weighted by Crippen LogP contribution is -2.32. The van der Waals surface area contributed by atoms with E-state index in [0.717, 1.165) is 0 Å². The molecule has 9 heteroatoms. The second-order valence-corrected chi connectivity index (χ2v) is 8.97. The zero-order valence-electron chi connectivity index (χ0n) is 20.4. The van der Waals surface area contributed by atoms with Crippen LogP contribution in [-0.4, -0.2) is 37.4 Å². The number of ether oxygens (including phenoxy) is 3. The Morgan fingerprint density at radius 3 is 2.53 bits per heavy atom. The third-order valence-electron chi connectivity index (χ3n) is 4.53. The van der Waals surface area contributed by atoms with Crippen LogP contribution in [0.3, 0.4) is 0 Å². The van der Waals surface area contributed by atoms with Gasteiger partial charge in [0.05, 0.1) is 24.1 Å². The summed E-state index contributed by atoms with van der Waals surface area (Å²) in [6.07, 6.45) is -0.603. The van der Waals surface area contributed by atoms with E-state index in [1.165, 1.54) is 6.07 Å². The summed E-state index contributed by atoms with van der Waals surface area (Å²) in [4.78, 5) is 37.1. The maximum Gasteiger partial charge on any atom is 0.408 e. The van der Waals surface area contributed by atoms with Crippen LogP contribution < -0.4 is 15.5 Å². The van der Waals surface area contributed by atoms with Crippen molar-refractivity contribution in [1.82, 2.24) is 5.32 Å². The molecule has 0 aliphatic carbocycles. The fourth-order valence-corrected chi connectivity index (χ4v) is 3.37. The summed E-state index contributed by atoms with van der Waals surface area (Å²) in [7, 11) is 0. The van der Waals surface area contributed by atoms with Crippen molar-refractivity contribution in [3.63, 3.8) is 0 Å². The van der Waals surface area contributed by atoms with E-state index in [2.05, 4.69) is 17.2 Å². The first-order valence-corrected chi connectivity index (χ1v) is 11.6. The first kappa shape index (κ1) is 26.6. The predicted octanol–water partition coefficient (Wildman–Crippen LogP) is 4.93. The second-order valence-electron chi connectivity index (χ2n) is 8.54. The number of alkyl carbamates (subject to hydrolysis) is 1. The minimum atomic E-state index is -0.634. The van der Waals surface area contributed by atoms with Gasteiger partial charge in [-0.15, -0.1) is 0 Å². The lowest BCUT2D eigenvalue weighted by Gasteiger charge is -2.19. The second kappa shape index (κ2) is 11.6. The molecule has 0 aliphatic heterocycles. The molecule has 0 saturated carbocycles. The number of rotatable bonds is 6. The number of hydrogen-bond donors (Lipinski definition) is 1. The van der Waals surface area contributed by atoms with E-state index >= 15 is 0 Å². The Hall–Kier alpha value is -3.96. The smallest absolute Gasteiger partial charge is 0.408 e. The van der Waals surface area contributed by atoms with Crippen LogP contribution in [0.4, 0.5) is 4.79 Å². The van der Waals surface area contributed by atoms with Gasteiger partial charge in [-0.3, -0.25) is 4.79 Å². The average Bonchev–Trinajstić information content (AvgIpc) is 2.81. The topological polar surface area (TPSA) is 104 Å². The van der Waals surface area contributed by atoms with E-state index in [1.54, 1.807) is 58.0 Å². The number of amides is 1. The number of fused-ring (bicyclic) bond motifs is 1. The number of carbonyl (C=O) groups is 2. The molecular formula is C27H26ClNO7. The summed E-state index contributed by atoms with van der Waals surface area (Å²) in [5.41, 5.74) is -0.0517. The summed E-state index contributed by atoms with van der Waals surface area (Å²) < 4.78 is 21.8. The molecule has 0 fully saturated rings. The third-order valence-corrected chi connectivity index (χ3v) is 4.75. The van der Waals surface area contributed by atoms with E-state index in [9.17, 15) is 14.4 Å². The van der Waals surface area contributed by atoms with Crippen molar-refractivity contribution in [2.45, 2.75) is 33.3 Å². The van der Waals surface area contributed by atoms with Crippen molar-refractivity contribution in [3.8, 4) is 28.9 Å². The molecule has 188 valence electrons. The molecule has 8 nitrogen and oxygen atoms in total. The molecule has 0 atom stereocenters. The van der Waals surface area contributed by atoms with Crippen molar-refractivity contribution in [1.29, 1.82) is 0 Å². The van der Waals surface area contributed by atoms with Gasteiger partial charge in [0, 0.05) is 10.6 Å². The van der Waals surface area contributed by atoms with Crippen molar-refractivity contribution in [2.75, 3.05) is 19.8 Å². The molecule has 1 N–H and O–H groups in total. The minimum absolute atomic E-state index is 0.000566. The van der Waals surface area contributed by atoms with E-state index in [0.29, 0.717) is 11.1 Å². The molecule has 0 aliphatic rings. The van der Waals surface area contributed by atoms with Gasteiger partial charge in [-0.1, -0.05) is 53.8 Å². The highest BCUT2D eigenvalue weighted by atomic mass is 35.5. The van der Waals surface area contributed by atoms with Gasteiger partial charge in [0.2, 0.25) is 11.2 Å². The van der Waals surface area contributed by atoms with Gasteiger partial charge in [-0.25, -0.2) is 9.59 Å². The van der Waals surface area contributed by atoms with Gasteiger partial charge >= 0.3 is 12.1 Å². The van der Waals surface area contributed by atoms with Crippen molar-refractivity contribution in [2.24, 2.45) is 0 Å². The predicted molar refractivity (Wildman–Crippen MR) is 136 cm³/mol. The molecule has 0 bridgehead atoms. The fourth-order valence-electron chi connectivity index (χ4n) is 3.15. The maximum absolute atomic E-state index is 13.4. The SMILES string of the molecule is CCOC(=O)COc1c(-c2ccccc2)oc2c(C#CCNC(=O)OC(C)(C)C)cc(Cl)cc2c1=O. The highest BCUT2D eigenvalue weighted by molar-refractivity contribution is 6.31. The number of carbonyl (C=O) groups excluding carboxylic acids is 2. The molecule has 0 spiro atoms. The average molecular weight is 512 g/mol. The normalized spacial score (nSPS) is 10.8. The molecule has 2 aromatic carbocycles. The maximum atomic E-state index is 13.4. The Bertz CT molecular complexity index is 1380. The summed E-state index contributed by atoms with van der Waals surface area (Å²) >= 11 is 6.26. The van der Waals surface area contributed by atoms with Crippen LogP contribution in [0.25, 0.3) is 22.3 Å². The zero-order valence-corrected chi connectivity index (χ0v) is 21.2. The Morgan fingerprint density at radius 1 is 1.14 bits per heavy atom. The standard InChI is InChI=1S/C27H26ClNO7/c1-5-33-21(30)16-34-25-22(31)20-15-19(28)14-18(12-9-13-29-26(32)36-27(2,3)4)23(20)35-24(25)17-10-7-6-8-11-17/h6-8,10-11,14-15H,5,13,16H2,1-4H3,(H,29,32). The Labute approximate surface area is 213 Å². The molecular weight excluding hydrogens is 486 g/mol. The molecule has 1 amide bonds. The number of halogens is 1. The van der Waals surface area contributed by atoms with Gasteiger partial charge in [0.1, 0.15) is 5.60 Å². The Kier molecular flexibility index (Phi) is 8.62. The molecule has 36 heavy (non-hydrogen) atoms. The first-order valence-electron chi connectivity index (χ1n) is 11.2. The highest BCUT2D eigenvalue weighted by Gasteiger charge is 2.21. The molecule has 0 unspecified atom stereocenters. The van der Waals surface area contributed by atoms with E-state index in [4.69, 9.17) is 30.2 Å². The summed E-state index contributed by atoms with van der Waals surface area (Å²) in [6.45, 7) is 6.66. The number of esters is 1. The van der Waals surface area contributed by atoms with Crippen LogP contribution in [0.5, 0.6) is 5.75 Å². The van der Waals surface area contributed by atoms with Gasteiger partial charge in [-0.05, 0) is 39.8 Å². The van der Waals surface area contributed by atoms with E-state index in [-0.39, 0.29) is 40.7 Å². The summed E-state index contributed by atoms with van der Waals surface area (Å²) in [5, 5.41) is 2.93. The summed E-state index contributed by atoms with van der Waals surface area (Å²) in [5.74, 6) is 5.07. The number of nitrogens with one attached hydrogen (secondary N) is 1. The monoisotopic (exact) mass is 511 g/mol. The van der Waals surface area contributed by atoms with Crippen LogP contribution in [0, 0.1) is 11.8 Å². The zero-order chi connectivity index (χ0) is 26.3. The van der Waals surface area contributed by atoms with Gasteiger partial charge in [0.15, 0.2) is 18.0 Å². The first-order chi connectivity index (χ1) is 17.1. The number of benzene rings is 2. The summed E-state index contributed by atoms with van der Waals surface area (Å²) in [6, 6.07) is 11.9. The van der Waals surface area contributed by atoms with Crippen LogP contribution in [-0.2, 0) is 14.3 Å². The van der Waals surface area contributed by atoms with Crippen molar-refractivity contribution in [3.05, 3.63) is 63.3 Å². The van der Waals surface area contributed by atoms with E-state index in [1.807, 2.05) is 6.07 Å². The molecule has 3 aromatic rings. The molecule has 0 radical (unpaired) electrons. The lowest BCUT2D eigenvalue weighted by molar-refractivity contribution is -0.145. The van der Waals surface area contributed by atoms with Crippen LogP contribution in [0.15, 0.2) is 51.7 Å². The van der Waals surface area contributed by atoms with Gasteiger partial charge in [-0.2, -0.15) is 0 Å². The minimum Gasteiger partial charge on any atom is -0.474 e. The van der Waals surface area contributed by atoms with Crippen molar-refractivity contribution < 1.29 is 28.2 Å². The van der Waals surface area contributed by atoms with E-state index < -0.39 is 29.7 Å². The Balaban J connectivity index is 2.04. The van der Waals surface area contributed by atoms with Crippen molar-refractivity contribution >= 4 is 34.6 Å². The van der Waals surface area contributed by atoms with Crippen LogP contribution >= 0.6 is 11.6 Å². The molecule has 0 saturated heterocycles. The Morgan fingerprint density at radius 2 is 1.86 bits per heavy atom. The fraction of sp³-hybridized carbons (Fsp3) is 0.296. The number of hydrogen-bond acceptors (Lipinski definition) is 7. The van der Waals surface area contributed by atoms with Gasteiger partial charge < -0.3 is 23.9 Å². The van der Waals surface area contributed by atoms with Crippen LogP contribution in [0.2, 0.25) is 5.02 Å². The van der Waals surface area contributed by atoms with Crippen LogP contribution in [0.1, 0.15) is 33.3 Å². The third kappa shape index (κ3) is 7.03. The quantitative estimate of drug-likeness (QED) is 0.369. The van der Waals surface area contributed by atoms with Gasteiger partial charge in [0.25, 0.3) is 0 Å². The highest BCUT2D eigenvalue weighted by Crippen LogP contribution is 2.33. The molecule has 1 heterocycles. The molecule has 3 rings (SSSR count).